The molecule has 1 fully saturated rings. The molecule has 6 heteroatoms. The highest BCUT2D eigenvalue weighted by atomic mass is 16.1. The molecule has 3 rings (SSSR count). The number of rotatable bonds is 6. The molecule has 0 spiro atoms. The Hall–Kier alpha value is -2.63. The smallest absolute Gasteiger partial charge is 0.276 e. The van der Waals surface area contributed by atoms with Gasteiger partial charge < -0.3 is 15.1 Å². The lowest BCUT2D eigenvalue weighted by atomic mass is 10.2. The van der Waals surface area contributed by atoms with Gasteiger partial charge in [0.2, 0.25) is 0 Å². The van der Waals surface area contributed by atoms with Gasteiger partial charge in [-0.3, -0.25) is 4.79 Å². The van der Waals surface area contributed by atoms with E-state index >= 15 is 0 Å². The minimum atomic E-state index is -0.236. The summed E-state index contributed by atoms with van der Waals surface area (Å²) in [6.07, 6.45) is 4.93. The first kappa shape index (κ1) is 19.1. The molecular formula is C21H29N5O. The molecule has 1 N–H and O–H groups in total. The van der Waals surface area contributed by atoms with E-state index in [0.29, 0.717) is 5.69 Å². The number of hydrogen-bond donors (Lipinski definition) is 1. The molecule has 0 bridgehead atoms. The summed E-state index contributed by atoms with van der Waals surface area (Å²) in [6, 6.07) is 11.5. The molecule has 0 atom stereocenters. The summed E-state index contributed by atoms with van der Waals surface area (Å²) in [5.41, 5.74) is 2.25. The SMILES string of the molecule is CCN(CC)c1ccc(NC(=O)c2ccc(N3CCCCCC3)nn2)cc1. The van der Waals surface area contributed by atoms with Crippen LogP contribution in [-0.4, -0.2) is 42.3 Å². The van der Waals surface area contributed by atoms with Gasteiger partial charge in [0.1, 0.15) is 0 Å². The number of benzene rings is 1. The molecule has 0 radical (unpaired) electrons. The van der Waals surface area contributed by atoms with E-state index in [9.17, 15) is 4.79 Å². The van der Waals surface area contributed by atoms with Crippen molar-refractivity contribution in [3.05, 3.63) is 42.1 Å². The number of nitrogens with one attached hydrogen (secondary N) is 1. The summed E-state index contributed by atoms with van der Waals surface area (Å²) >= 11 is 0. The molecule has 27 heavy (non-hydrogen) atoms. The fraction of sp³-hybridized carbons (Fsp3) is 0.476. The highest BCUT2D eigenvalue weighted by molar-refractivity contribution is 6.02. The maximum absolute atomic E-state index is 12.5. The molecule has 2 heterocycles. The van der Waals surface area contributed by atoms with Gasteiger partial charge in [0.15, 0.2) is 11.5 Å². The summed E-state index contributed by atoms with van der Waals surface area (Å²) < 4.78 is 0. The van der Waals surface area contributed by atoms with Crippen molar-refractivity contribution in [1.29, 1.82) is 0 Å². The molecule has 0 saturated carbocycles. The zero-order valence-electron chi connectivity index (χ0n) is 16.3. The van der Waals surface area contributed by atoms with Gasteiger partial charge in [-0.1, -0.05) is 12.8 Å². The lowest BCUT2D eigenvalue weighted by Gasteiger charge is -2.21. The predicted octanol–water partition coefficient (Wildman–Crippen LogP) is 3.96. The van der Waals surface area contributed by atoms with Crippen molar-refractivity contribution in [2.45, 2.75) is 39.5 Å². The Balaban J connectivity index is 1.62. The summed E-state index contributed by atoms with van der Waals surface area (Å²) in [6.45, 7) is 8.21. The summed E-state index contributed by atoms with van der Waals surface area (Å²) in [5, 5.41) is 11.3. The molecule has 0 unspecified atom stereocenters. The number of carbonyl (C=O) groups excluding carboxylic acids is 1. The first-order valence-corrected chi connectivity index (χ1v) is 9.96. The first-order valence-electron chi connectivity index (χ1n) is 9.96. The van der Waals surface area contributed by atoms with E-state index in [0.717, 1.165) is 43.4 Å². The first-order chi connectivity index (χ1) is 13.2. The Kier molecular flexibility index (Phi) is 6.63. The Morgan fingerprint density at radius 1 is 0.963 bits per heavy atom. The quantitative estimate of drug-likeness (QED) is 0.837. The molecule has 1 aromatic heterocycles. The second kappa shape index (κ2) is 9.35. The van der Waals surface area contributed by atoms with Crippen molar-refractivity contribution in [3.8, 4) is 0 Å². The number of carbonyl (C=O) groups is 1. The van der Waals surface area contributed by atoms with E-state index in [-0.39, 0.29) is 5.91 Å². The van der Waals surface area contributed by atoms with Gasteiger partial charge >= 0.3 is 0 Å². The van der Waals surface area contributed by atoms with Crippen LogP contribution in [0.1, 0.15) is 50.0 Å². The van der Waals surface area contributed by atoms with Crippen molar-refractivity contribution < 1.29 is 4.79 Å². The van der Waals surface area contributed by atoms with Crippen LogP contribution in [0.25, 0.3) is 0 Å². The summed E-state index contributed by atoms with van der Waals surface area (Å²) in [7, 11) is 0. The lowest BCUT2D eigenvalue weighted by Crippen LogP contribution is -2.25. The number of amides is 1. The molecule has 1 saturated heterocycles. The van der Waals surface area contributed by atoms with Gasteiger partial charge in [0, 0.05) is 37.6 Å². The third kappa shape index (κ3) is 4.96. The van der Waals surface area contributed by atoms with Crippen LogP contribution >= 0.6 is 0 Å². The van der Waals surface area contributed by atoms with Crippen molar-refractivity contribution >= 4 is 23.1 Å². The van der Waals surface area contributed by atoms with Crippen LogP contribution in [0, 0.1) is 0 Å². The maximum Gasteiger partial charge on any atom is 0.276 e. The van der Waals surface area contributed by atoms with E-state index in [1.807, 2.05) is 30.3 Å². The van der Waals surface area contributed by atoms with E-state index in [2.05, 4.69) is 39.2 Å². The van der Waals surface area contributed by atoms with Crippen LogP contribution < -0.4 is 15.1 Å². The van der Waals surface area contributed by atoms with Crippen molar-refractivity contribution in [2.75, 3.05) is 41.3 Å². The average Bonchev–Trinajstić information content (AvgIpc) is 3.00. The van der Waals surface area contributed by atoms with Gasteiger partial charge in [0.25, 0.3) is 5.91 Å². The number of aromatic nitrogens is 2. The third-order valence-electron chi connectivity index (χ3n) is 5.07. The van der Waals surface area contributed by atoms with Crippen LogP contribution in [0.2, 0.25) is 0 Å². The summed E-state index contributed by atoms with van der Waals surface area (Å²) in [5.74, 6) is 0.623. The molecular weight excluding hydrogens is 338 g/mol. The van der Waals surface area contributed by atoms with Crippen molar-refractivity contribution in [3.63, 3.8) is 0 Å². The van der Waals surface area contributed by atoms with Crippen LogP contribution in [0.15, 0.2) is 36.4 Å². The highest BCUT2D eigenvalue weighted by Crippen LogP contribution is 2.19. The highest BCUT2D eigenvalue weighted by Gasteiger charge is 2.14. The molecule has 1 aliphatic heterocycles. The third-order valence-corrected chi connectivity index (χ3v) is 5.07. The molecule has 1 aromatic carbocycles. The number of anilines is 3. The molecule has 1 aliphatic rings. The van der Waals surface area contributed by atoms with Crippen LogP contribution in [-0.2, 0) is 0 Å². The summed E-state index contributed by atoms with van der Waals surface area (Å²) in [4.78, 5) is 17.0. The minimum absolute atomic E-state index is 0.236. The minimum Gasteiger partial charge on any atom is -0.372 e. The number of hydrogen-bond acceptors (Lipinski definition) is 5. The Morgan fingerprint density at radius 3 is 2.19 bits per heavy atom. The van der Waals surface area contributed by atoms with Crippen LogP contribution in [0.4, 0.5) is 17.2 Å². The Bertz CT molecular complexity index is 717. The monoisotopic (exact) mass is 367 g/mol. The van der Waals surface area contributed by atoms with Gasteiger partial charge in [-0.05, 0) is 63.1 Å². The zero-order valence-corrected chi connectivity index (χ0v) is 16.3. The second-order valence-electron chi connectivity index (χ2n) is 6.85. The van der Waals surface area contributed by atoms with Gasteiger partial charge in [-0.25, -0.2) is 0 Å². The van der Waals surface area contributed by atoms with Crippen molar-refractivity contribution in [1.82, 2.24) is 10.2 Å². The fourth-order valence-electron chi connectivity index (χ4n) is 3.45. The van der Waals surface area contributed by atoms with E-state index in [1.165, 1.54) is 25.7 Å². The predicted molar refractivity (Wildman–Crippen MR) is 111 cm³/mol. The normalized spacial score (nSPS) is 14.5. The topological polar surface area (TPSA) is 61.4 Å². The maximum atomic E-state index is 12.5. The largest absolute Gasteiger partial charge is 0.372 e. The van der Waals surface area contributed by atoms with Crippen molar-refractivity contribution in [2.24, 2.45) is 0 Å². The average molecular weight is 367 g/mol. The second-order valence-corrected chi connectivity index (χ2v) is 6.85. The van der Waals surface area contributed by atoms with Gasteiger partial charge in [-0.15, -0.1) is 10.2 Å². The standard InChI is InChI=1S/C21H29N5O/c1-3-25(4-2)18-11-9-17(10-12-18)22-21(27)19-13-14-20(24-23-19)26-15-7-5-6-8-16-26/h9-14H,3-8,15-16H2,1-2H3,(H,22,27). The lowest BCUT2D eigenvalue weighted by molar-refractivity contribution is 0.102. The Labute approximate surface area is 161 Å². The zero-order chi connectivity index (χ0) is 19.1. The Morgan fingerprint density at radius 2 is 1.63 bits per heavy atom. The molecule has 0 aliphatic carbocycles. The molecule has 2 aromatic rings. The van der Waals surface area contributed by atoms with Gasteiger partial charge in [-0.2, -0.15) is 0 Å². The van der Waals surface area contributed by atoms with Gasteiger partial charge in [0.05, 0.1) is 0 Å². The van der Waals surface area contributed by atoms with E-state index < -0.39 is 0 Å². The van der Waals surface area contributed by atoms with Crippen LogP contribution in [0.5, 0.6) is 0 Å². The van der Waals surface area contributed by atoms with E-state index in [1.54, 1.807) is 6.07 Å². The molecule has 144 valence electrons. The molecule has 1 amide bonds. The number of nitrogens with zero attached hydrogens (tertiary/aromatic N) is 4. The fourth-order valence-corrected chi connectivity index (χ4v) is 3.45. The van der Waals surface area contributed by atoms with Crippen LogP contribution in [0.3, 0.4) is 0 Å². The van der Waals surface area contributed by atoms with E-state index in [4.69, 9.17) is 0 Å². The molecule has 6 nitrogen and oxygen atoms in total.